The van der Waals surface area contributed by atoms with Gasteiger partial charge in [0, 0.05) is 11.5 Å². The quantitative estimate of drug-likeness (QED) is 0.414. The van der Waals surface area contributed by atoms with Crippen molar-refractivity contribution in [3.05, 3.63) is 50.9 Å². The van der Waals surface area contributed by atoms with Gasteiger partial charge in [-0.2, -0.15) is 0 Å². The number of hydrogen-bond acceptors (Lipinski definition) is 1. The van der Waals surface area contributed by atoms with E-state index in [9.17, 15) is 0 Å². The summed E-state index contributed by atoms with van der Waals surface area (Å²) in [4.78, 5) is 2.80. The summed E-state index contributed by atoms with van der Waals surface area (Å²) in [7, 11) is 0. The Bertz CT molecular complexity index is 506. The smallest absolute Gasteiger partial charge is 0.0476 e. The molecular formula is C13H13N3. The molecule has 16 heavy (non-hydrogen) atoms. The second-order valence-electron chi connectivity index (χ2n) is 4.60. The lowest BCUT2D eigenvalue weighted by Gasteiger charge is -2.02. The van der Waals surface area contributed by atoms with Crippen LogP contribution in [0.2, 0.25) is 0 Å². The highest BCUT2D eigenvalue weighted by Crippen LogP contribution is 2.41. The summed E-state index contributed by atoms with van der Waals surface area (Å²) in [5, 5.41) is 3.62. The third-order valence-corrected chi connectivity index (χ3v) is 3.33. The molecule has 0 saturated heterocycles. The Labute approximate surface area is 94.4 Å². The molecule has 3 rings (SSSR count). The molecular weight excluding hydrogens is 198 g/mol. The first-order valence-corrected chi connectivity index (χ1v) is 5.70. The lowest BCUT2D eigenvalue weighted by molar-refractivity contribution is 1.05. The molecule has 0 heterocycles. The molecule has 3 heteroatoms. The van der Waals surface area contributed by atoms with Crippen molar-refractivity contribution in [2.24, 2.45) is 5.11 Å². The van der Waals surface area contributed by atoms with Gasteiger partial charge in [-0.15, -0.1) is 0 Å². The molecule has 0 spiro atoms. The van der Waals surface area contributed by atoms with E-state index in [0.717, 1.165) is 12.3 Å². The molecule has 0 aliphatic heterocycles. The standard InChI is InChI=1S/C13H13N3/c14-16-15-8-9-5-11-3-4-12(10-1-2-10)7-13(11)6-9/h3-4,6-7,10H,1-2,5,8H2. The third-order valence-electron chi connectivity index (χ3n) is 3.33. The molecule has 0 atom stereocenters. The van der Waals surface area contributed by atoms with Gasteiger partial charge in [0.15, 0.2) is 0 Å². The van der Waals surface area contributed by atoms with Crippen LogP contribution in [0.25, 0.3) is 16.5 Å². The van der Waals surface area contributed by atoms with E-state index in [0.29, 0.717) is 6.54 Å². The van der Waals surface area contributed by atoms with Gasteiger partial charge in [0.2, 0.25) is 0 Å². The molecule has 0 bridgehead atoms. The summed E-state index contributed by atoms with van der Waals surface area (Å²) >= 11 is 0. The number of hydrogen-bond donors (Lipinski definition) is 0. The minimum absolute atomic E-state index is 0.504. The molecule has 1 aromatic rings. The van der Waals surface area contributed by atoms with E-state index in [2.05, 4.69) is 34.3 Å². The molecule has 0 N–H and O–H groups in total. The molecule has 0 aromatic heterocycles. The molecule has 1 aromatic carbocycles. The third kappa shape index (κ3) is 1.70. The van der Waals surface area contributed by atoms with Crippen molar-refractivity contribution >= 4 is 6.08 Å². The van der Waals surface area contributed by atoms with E-state index >= 15 is 0 Å². The van der Waals surface area contributed by atoms with Crippen LogP contribution in [-0.4, -0.2) is 6.54 Å². The normalized spacial score (nSPS) is 17.6. The molecule has 80 valence electrons. The van der Waals surface area contributed by atoms with Gasteiger partial charge in [0.1, 0.15) is 0 Å². The van der Waals surface area contributed by atoms with Gasteiger partial charge in [0.05, 0.1) is 0 Å². The van der Waals surface area contributed by atoms with Crippen molar-refractivity contribution in [1.29, 1.82) is 0 Å². The van der Waals surface area contributed by atoms with Crippen molar-refractivity contribution in [3.8, 4) is 0 Å². The van der Waals surface area contributed by atoms with Gasteiger partial charge >= 0.3 is 0 Å². The highest BCUT2D eigenvalue weighted by atomic mass is 15.1. The number of nitrogens with zero attached hydrogens (tertiary/aromatic N) is 3. The van der Waals surface area contributed by atoms with Crippen LogP contribution >= 0.6 is 0 Å². The maximum Gasteiger partial charge on any atom is 0.0476 e. The molecule has 0 unspecified atom stereocenters. The summed E-state index contributed by atoms with van der Waals surface area (Å²) in [5.74, 6) is 0.805. The van der Waals surface area contributed by atoms with Gasteiger partial charge in [-0.1, -0.05) is 35.0 Å². The zero-order chi connectivity index (χ0) is 11.0. The van der Waals surface area contributed by atoms with E-state index < -0.39 is 0 Å². The number of azide groups is 1. The highest BCUT2D eigenvalue weighted by molar-refractivity contribution is 5.65. The molecule has 0 radical (unpaired) electrons. The van der Waals surface area contributed by atoms with Crippen LogP contribution in [0.3, 0.4) is 0 Å². The Kier molecular flexibility index (Phi) is 2.19. The van der Waals surface area contributed by atoms with Crippen molar-refractivity contribution in [2.45, 2.75) is 25.2 Å². The van der Waals surface area contributed by atoms with E-state index in [-0.39, 0.29) is 0 Å². The summed E-state index contributed by atoms with van der Waals surface area (Å²) in [6, 6.07) is 6.78. The Morgan fingerprint density at radius 2 is 2.25 bits per heavy atom. The first-order valence-electron chi connectivity index (χ1n) is 5.70. The van der Waals surface area contributed by atoms with E-state index in [1.807, 2.05) is 0 Å². The molecule has 3 nitrogen and oxygen atoms in total. The largest absolute Gasteiger partial charge is 0.0896 e. The zero-order valence-corrected chi connectivity index (χ0v) is 9.06. The number of fused-ring (bicyclic) bond motifs is 1. The lowest BCUT2D eigenvalue weighted by Crippen LogP contribution is -1.88. The fourth-order valence-corrected chi connectivity index (χ4v) is 2.32. The minimum atomic E-state index is 0.504. The van der Waals surface area contributed by atoms with Crippen LogP contribution in [0, 0.1) is 0 Å². The fraction of sp³-hybridized carbons (Fsp3) is 0.385. The topological polar surface area (TPSA) is 48.8 Å². The zero-order valence-electron chi connectivity index (χ0n) is 9.06. The Hall–Kier alpha value is -1.73. The second kappa shape index (κ2) is 3.69. The van der Waals surface area contributed by atoms with Gasteiger partial charge in [-0.05, 0) is 47.4 Å². The maximum absolute atomic E-state index is 8.30. The van der Waals surface area contributed by atoms with Crippen LogP contribution in [0.4, 0.5) is 0 Å². The summed E-state index contributed by atoms with van der Waals surface area (Å²) in [5.41, 5.74) is 13.7. The first-order chi connectivity index (χ1) is 7.86. The van der Waals surface area contributed by atoms with Gasteiger partial charge in [0.25, 0.3) is 0 Å². The van der Waals surface area contributed by atoms with Crippen molar-refractivity contribution in [3.63, 3.8) is 0 Å². The van der Waals surface area contributed by atoms with E-state index in [4.69, 9.17) is 5.53 Å². The average Bonchev–Trinajstić information content (AvgIpc) is 3.06. The average molecular weight is 211 g/mol. The van der Waals surface area contributed by atoms with Gasteiger partial charge in [-0.3, -0.25) is 0 Å². The minimum Gasteiger partial charge on any atom is -0.0896 e. The Morgan fingerprint density at radius 3 is 3.00 bits per heavy atom. The van der Waals surface area contributed by atoms with Crippen molar-refractivity contribution in [2.75, 3.05) is 6.54 Å². The molecule has 0 amide bonds. The SMILES string of the molecule is [N-]=[N+]=NCC1=Cc2cc(C3CC3)ccc2C1. The highest BCUT2D eigenvalue weighted by Gasteiger charge is 2.24. The molecule has 2 aliphatic carbocycles. The maximum atomic E-state index is 8.30. The summed E-state index contributed by atoms with van der Waals surface area (Å²) in [6.45, 7) is 0.504. The van der Waals surface area contributed by atoms with Crippen LogP contribution < -0.4 is 0 Å². The Balaban J connectivity index is 1.86. The van der Waals surface area contributed by atoms with Crippen molar-refractivity contribution in [1.82, 2.24) is 0 Å². The predicted molar refractivity (Wildman–Crippen MR) is 64.1 cm³/mol. The monoisotopic (exact) mass is 211 g/mol. The van der Waals surface area contributed by atoms with Crippen LogP contribution in [0.1, 0.15) is 35.4 Å². The molecule has 1 fully saturated rings. The predicted octanol–water partition coefficient (Wildman–Crippen LogP) is 3.81. The van der Waals surface area contributed by atoms with Crippen molar-refractivity contribution < 1.29 is 0 Å². The second-order valence-corrected chi connectivity index (χ2v) is 4.60. The summed E-state index contributed by atoms with van der Waals surface area (Å²) in [6.07, 6.45) is 5.80. The molecule has 2 aliphatic rings. The van der Waals surface area contributed by atoms with E-state index in [1.165, 1.54) is 35.1 Å². The van der Waals surface area contributed by atoms with E-state index in [1.54, 1.807) is 0 Å². The van der Waals surface area contributed by atoms with Crippen LogP contribution in [-0.2, 0) is 6.42 Å². The van der Waals surface area contributed by atoms with Crippen LogP contribution in [0.5, 0.6) is 0 Å². The number of rotatable bonds is 3. The van der Waals surface area contributed by atoms with Gasteiger partial charge < -0.3 is 0 Å². The fourth-order valence-electron chi connectivity index (χ4n) is 2.32. The Morgan fingerprint density at radius 1 is 1.38 bits per heavy atom. The summed E-state index contributed by atoms with van der Waals surface area (Å²) < 4.78 is 0. The lowest BCUT2D eigenvalue weighted by atomic mass is 10.0. The van der Waals surface area contributed by atoms with Gasteiger partial charge in [-0.25, -0.2) is 0 Å². The van der Waals surface area contributed by atoms with Crippen LogP contribution in [0.15, 0.2) is 28.9 Å². The first kappa shape index (κ1) is 9.49. The molecule has 1 saturated carbocycles. The number of benzene rings is 1.